The first-order valence-corrected chi connectivity index (χ1v) is 14.9. The number of unbranched alkanes of at least 4 members (excludes halogenated alkanes) is 18. The van der Waals surface area contributed by atoms with Gasteiger partial charge in [-0.3, -0.25) is 0 Å². The van der Waals surface area contributed by atoms with Gasteiger partial charge in [-0.25, -0.2) is 9.13 Å². The van der Waals surface area contributed by atoms with Gasteiger partial charge in [-0.2, -0.15) is 0 Å². The molecule has 0 saturated carbocycles. The fraction of sp³-hybridized carbons (Fsp3) is 0.900. The van der Waals surface area contributed by atoms with Crippen LogP contribution in [0.15, 0.2) is 12.4 Å². The minimum Gasteiger partial charge on any atom is -0.234 e. The number of aromatic nitrogens is 2. The molecular formula is C30H59N2+. The fourth-order valence-electron chi connectivity index (χ4n) is 4.96. The summed E-state index contributed by atoms with van der Waals surface area (Å²) < 4.78 is 5.12. The van der Waals surface area contributed by atoms with Gasteiger partial charge in [0.2, 0.25) is 0 Å². The van der Waals surface area contributed by atoms with Crippen molar-refractivity contribution in [3.63, 3.8) is 0 Å². The van der Waals surface area contributed by atoms with E-state index >= 15 is 0 Å². The lowest BCUT2D eigenvalue weighted by Gasteiger charge is -2.06. The topological polar surface area (TPSA) is 8.81 Å². The van der Waals surface area contributed by atoms with E-state index in [1.807, 2.05) is 0 Å². The standard InChI is InChI=1S/C30H59N2/c1-4-7-9-11-13-15-17-19-21-23-26-31-28-29-32(30(31)25-6-3)27-24-22-20-18-16-14-12-10-8-5-2/h28-29H,4-27H2,1-3H3/q+1. The minimum absolute atomic E-state index is 1.22. The molecule has 1 aromatic rings. The van der Waals surface area contributed by atoms with E-state index in [0.29, 0.717) is 0 Å². The summed E-state index contributed by atoms with van der Waals surface area (Å²) in [5.41, 5.74) is 0. The fourth-order valence-corrected chi connectivity index (χ4v) is 4.96. The predicted molar refractivity (Wildman–Crippen MR) is 142 cm³/mol. The molecule has 0 fully saturated rings. The van der Waals surface area contributed by atoms with Crippen LogP contribution in [0.3, 0.4) is 0 Å². The van der Waals surface area contributed by atoms with Crippen LogP contribution < -0.4 is 4.57 Å². The highest BCUT2D eigenvalue weighted by Crippen LogP contribution is 2.13. The molecular weight excluding hydrogens is 388 g/mol. The maximum Gasteiger partial charge on any atom is 0.256 e. The minimum atomic E-state index is 1.22. The van der Waals surface area contributed by atoms with Crippen LogP contribution in [0, 0.1) is 0 Å². The Labute approximate surface area is 202 Å². The molecule has 2 heteroatoms. The third-order valence-electron chi connectivity index (χ3n) is 7.07. The zero-order valence-electron chi connectivity index (χ0n) is 22.5. The maximum atomic E-state index is 2.56. The third kappa shape index (κ3) is 15.1. The van der Waals surface area contributed by atoms with Gasteiger partial charge in [0.15, 0.2) is 0 Å². The molecule has 0 spiro atoms. The molecule has 0 radical (unpaired) electrons. The lowest BCUT2D eigenvalue weighted by Crippen LogP contribution is -2.37. The monoisotopic (exact) mass is 447 g/mol. The predicted octanol–water partition coefficient (Wildman–Crippen LogP) is 9.57. The number of hydrogen-bond donors (Lipinski definition) is 0. The molecule has 0 amide bonds. The Balaban J connectivity index is 2.13. The van der Waals surface area contributed by atoms with E-state index in [9.17, 15) is 0 Å². The first kappa shape index (κ1) is 29.2. The Morgan fingerprint density at radius 2 is 0.969 bits per heavy atom. The number of hydrogen-bond acceptors (Lipinski definition) is 0. The van der Waals surface area contributed by atoms with Gasteiger partial charge in [0.05, 0.1) is 13.1 Å². The molecule has 188 valence electrons. The Kier molecular flexibility index (Phi) is 20.1. The quantitative estimate of drug-likeness (QED) is 0.110. The van der Waals surface area contributed by atoms with Gasteiger partial charge in [0.25, 0.3) is 5.82 Å². The van der Waals surface area contributed by atoms with Gasteiger partial charge < -0.3 is 0 Å². The summed E-state index contributed by atoms with van der Waals surface area (Å²) >= 11 is 0. The van der Waals surface area contributed by atoms with Crippen molar-refractivity contribution in [3.8, 4) is 0 Å². The summed E-state index contributed by atoms with van der Waals surface area (Å²) in [5.74, 6) is 1.57. The van der Waals surface area contributed by atoms with Crippen molar-refractivity contribution in [2.45, 2.75) is 175 Å². The number of imidazole rings is 1. The van der Waals surface area contributed by atoms with E-state index in [2.05, 4.69) is 42.3 Å². The summed E-state index contributed by atoms with van der Waals surface area (Å²) in [5, 5.41) is 0. The average molecular weight is 448 g/mol. The van der Waals surface area contributed by atoms with Crippen LogP contribution in [0.25, 0.3) is 0 Å². The van der Waals surface area contributed by atoms with Crippen LogP contribution >= 0.6 is 0 Å². The summed E-state index contributed by atoms with van der Waals surface area (Å²) in [4.78, 5) is 0. The lowest BCUT2D eigenvalue weighted by molar-refractivity contribution is -0.704. The molecule has 0 unspecified atom stereocenters. The molecule has 0 aliphatic heterocycles. The highest BCUT2D eigenvalue weighted by Gasteiger charge is 2.15. The van der Waals surface area contributed by atoms with Crippen LogP contribution in [-0.4, -0.2) is 4.57 Å². The molecule has 32 heavy (non-hydrogen) atoms. The molecule has 0 aliphatic rings. The smallest absolute Gasteiger partial charge is 0.234 e. The summed E-state index contributed by atoms with van der Waals surface area (Å²) in [7, 11) is 0. The Morgan fingerprint density at radius 1 is 0.531 bits per heavy atom. The highest BCUT2D eigenvalue weighted by atomic mass is 15.1. The number of aryl methyl sites for hydroxylation is 2. The van der Waals surface area contributed by atoms with Crippen LogP contribution in [-0.2, 0) is 19.5 Å². The van der Waals surface area contributed by atoms with Crippen molar-refractivity contribution in [2.24, 2.45) is 0 Å². The van der Waals surface area contributed by atoms with Gasteiger partial charge >= 0.3 is 0 Å². The molecule has 2 nitrogen and oxygen atoms in total. The third-order valence-corrected chi connectivity index (χ3v) is 7.07. The van der Waals surface area contributed by atoms with E-state index in [1.165, 1.54) is 154 Å². The van der Waals surface area contributed by atoms with Crippen LogP contribution in [0.4, 0.5) is 0 Å². The van der Waals surface area contributed by atoms with Crippen molar-refractivity contribution < 1.29 is 4.57 Å². The van der Waals surface area contributed by atoms with Crippen molar-refractivity contribution in [1.82, 2.24) is 4.57 Å². The second-order valence-corrected chi connectivity index (χ2v) is 10.2. The molecule has 1 heterocycles. The number of rotatable bonds is 24. The van der Waals surface area contributed by atoms with Crippen LogP contribution in [0.1, 0.15) is 161 Å². The summed E-state index contributed by atoms with van der Waals surface area (Å²) in [6, 6.07) is 0. The van der Waals surface area contributed by atoms with E-state index in [1.54, 1.807) is 5.82 Å². The van der Waals surface area contributed by atoms with Crippen molar-refractivity contribution in [3.05, 3.63) is 18.2 Å². The largest absolute Gasteiger partial charge is 0.256 e. The second kappa shape index (κ2) is 22.0. The van der Waals surface area contributed by atoms with Gasteiger partial charge in [-0.05, 0) is 32.1 Å². The molecule has 0 N–H and O–H groups in total. The normalized spacial score (nSPS) is 11.5. The number of nitrogens with zero attached hydrogens (tertiary/aromatic N) is 2. The molecule has 0 aliphatic carbocycles. The van der Waals surface area contributed by atoms with Gasteiger partial charge in [0.1, 0.15) is 12.4 Å². The van der Waals surface area contributed by atoms with Gasteiger partial charge in [0, 0.05) is 6.42 Å². The zero-order chi connectivity index (χ0) is 23.1. The lowest BCUT2D eigenvalue weighted by atomic mass is 10.1. The molecule has 0 aromatic carbocycles. The van der Waals surface area contributed by atoms with E-state index in [4.69, 9.17) is 0 Å². The Morgan fingerprint density at radius 3 is 1.44 bits per heavy atom. The van der Waals surface area contributed by atoms with E-state index in [-0.39, 0.29) is 0 Å². The van der Waals surface area contributed by atoms with Crippen molar-refractivity contribution >= 4 is 0 Å². The Bertz CT molecular complexity index is 463. The molecule has 0 saturated heterocycles. The molecule has 0 bridgehead atoms. The highest BCUT2D eigenvalue weighted by molar-refractivity contribution is 4.84. The van der Waals surface area contributed by atoms with E-state index < -0.39 is 0 Å². The SMILES string of the molecule is CCCCCCCCCCCCn1cc[n+](CCCCCCCCCCCC)c1CCC. The second-order valence-electron chi connectivity index (χ2n) is 10.2. The average Bonchev–Trinajstić information content (AvgIpc) is 3.18. The zero-order valence-corrected chi connectivity index (χ0v) is 22.5. The van der Waals surface area contributed by atoms with Crippen molar-refractivity contribution in [2.75, 3.05) is 0 Å². The van der Waals surface area contributed by atoms with Crippen LogP contribution in [0.2, 0.25) is 0 Å². The van der Waals surface area contributed by atoms with Gasteiger partial charge in [-0.1, -0.05) is 124 Å². The molecule has 0 atom stereocenters. The Hall–Kier alpha value is -0.790. The molecule has 1 aromatic heterocycles. The van der Waals surface area contributed by atoms with E-state index in [0.717, 1.165) is 0 Å². The first-order valence-electron chi connectivity index (χ1n) is 14.9. The van der Waals surface area contributed by atoms with Gasteiger partial charge in [-0.15, -0.1) is 0 Å². The summed E-state index contributed by atoms with van der Waals surface area (Å²) in [6.45, 7) is 9.36. The first-order chi connectivity index (χ1) is 15.8. The summed E-state index contributed by atoms with van der Waals surface area (Å²) in [6.07, 6.45) is 35.6. The maximum absolute atomic E-state index is 2.56. The van der Waals surface area contributed by atoms with Crippen LogP contribution in [0.5, 0.6) is 0 Å². The van der Waals surface area contributed by atoms with Crippen molar-refractivity contribution in [1.29, 1.82) is 0 Å². The molecule has 1 rings (SSSR count).